The molecule has 0 aromatic carbocycles. The van der Waals surface area contributed by atoms with E-state index in [-0.39, 0.29) is 0 Å². The molecule has 0 saturated carbocycles. The second-order valence-electron chi connectivity index (χ2n) is 2.80. The van der Waals surface area contributed by atoms with Crippen LogP contribution in [0.15, 0.2) is 12.2 Å². The van der Waals surface area contributed by atoms with Gasteiger partial charge in [-0.05, 0) is 12.2 Å². The second-order valence-corrected chi connectivity index (χ2v) is 3.64. The van der Waals surface area contributed by atoms with Crippen LogP contribution in [0.5, 0.6) is 0 Å². The van der Waals surface area contributed by atoms with Gasteiger partial charge < -0.3 is 9.80 Å². The average molecular weight is 202 g/mol. The molecule has 68 valence electrons. The molecule has 0 aliphatic heterocycles. The molecule has 0 unspecified atom stereocenters. The topological polar surface area (TPSA) is 6.48 Å². The molecule has 4 heteroatoms. The lowest BCUT2D eigenvalue weighted by molar-refractivity contribution is 0.635. The monoisotopic (exact) mass is 202 g/mol. The highest BCUT2D eigenvalue weighted by molar-refractivity contribution is 7.81. The van der Waals surface area contributed by atoms with Crippen LogP contribution in [0.3, 0.4) is 0 Å². The molecule has 0 radical (unpaired) electrons. The first-order valence-electron chi connectivity index (χ1n) is 3.55. The molecule has 0 amide bonds. The van der Waals surface area contributed by atoms with E-state index < -0.39 is 0 Å². The Balaban J connectivity index is 4.08. The summed E-state index contributed by atoms with van der Waals surface area (Å²) in [7, 11) is 7.63. The average Bonchev–Trinajstić information content (AvgIpc) is 1.98. The van der Waals surface area contributed by atoms with E-state index in [0.29, 0.717) is 0 Å². The van der Waals surface area contributed by atoms with E-state index in [1.54, 1.807) is 0 Å². The zero-order valence-electron chi connectivity index (χ0n) is 7.87. The highest BCUT2D eigenvalue weighted by Gasteiger charge is 1.94. The molecule has 0 aromatic heterocycles. The predicted octanol–water partition coefficient (Wildman–Crippen LogP) is 1.32. The summed E-state index contributed by atoms with van der Waals surface area (Å²) in [6, 6.07) is 0. The molecule has 0 saturated heterocycles. The van der Waals surface area contributed by atoms with Crippen molar-refractivity contribution in [3.8, 4) is 0 Å². The molecule has 0 fully saturated rings. The molecule has 0 rings (SSSR count). The van der Waals surface area contributed by atoms with Crippen LogP contribution in [0, 0.1) is 0 Å². The summed E-state index contributed by atoms with van der Waals surface area (Å²) in [4.78, 5) is 5.28. The van der Waals surface area contributed by atoms with Crippen LogP contribution in [0.2, 0.25) is 0 Å². The molecule has 0 N–H and O–H groups in total. The van der Waals surface area contributed by atoms with Crippen LogP contribution in [0.1, 0.15) is 0 Å². The minimum absolute atomic E-state index is 0.777. The van der Waals surface area contributed by atoms with Crippen molar-refractivity contribution in [2.75, 3.05) is 28.2 Å². The lowest BCUT2D eigenvalue weighted by Crippen LogP contribution is -2.20. The van der Waals surface area contributed by atoms with Crippen molar-refractivity contribution < 1.29 is 0 Å². The number of thiocarbonyl (C=S) groups is 2. The van der Waals surface area contributed by atoms with E-state index in [1.807, 2.05) is 50.1 Å². The van der Waals surface area contributed by atoms with Gasteiger partial charge in [-0.1, -0.05) is 24.4 Å². The van der Waals surface area contributed by atoms with Crippen molar-refractivity contribution in [2.24, 2.45) is 0 Å². The lowest BCUT2D eigenvalue weighted by atomic mass is 10.4. The Morgan fingerprint density at radius 1 is 0.833 bits per heavy atom. The van der Waals surface area contributed by atoms with Crippen LogP contribution >= 0.6 is 24.4 Å². The Morgan fingerprint density at radius 2 is 1.08 bits per heavy atom. The van der Waals surface area contributed by atoms with Crippen molar-refractivity contribution in [3.63, 3.8) is 0 Å². The van der Waals surface area contributed by atoms with Crippen LogP contribution in [-0.4, -0.2) is 48.0 Å². The SMILES string of the molecule is CN(C)C(=S)C=CC(=S)N(C)C. The minimum Gasteiger partial charge on any atom is -0.369 e. The first-order chi connectivity index (χ1) is 5.45. The first-order valence-corrected chi connectivity index (χ1v) is 4.37. The Morgan fingerprint density at radius 3 is 1.25 bits per heavy atom. The summed E-state index contributed by atoms with van der Waals surface area (Å²) >= 11 is 10.1. The van der Waals surface area contributed by atoms with Crippen molar-refractivity contribution in [1.82, 2.24) is 9.80 Å². The molecule has 0 spiro atoms. The van der Waals surface area contributed by atoms with Gasteiger partial charge in [0.15, 0.2) is 0 Å². The van der Waals surface area contributed by atoms with Gasteiger partial charge in [-0.25, -0.2) is 0 Å². The third-order valence-corrected chi connectivity index (χ3v) is 2.25. The van der Waals surface area contributed by atoms with E-state index >= 15 is 0 Å². The van der Waals surface area contributed by atoms with Crippen molar-refractivity contribution in [1.29, 1.82) is 0 Å². The van der Waals surface area contributed by atoms with Crippen LogP contribution in [0.25, 0.3) is 0 Å². The van der Waals surface area contributed by atoms with E-state index in [2.05, 4.69) is 0 Å². The molecular weight excluding hydrogens is 188 g/mol. The number of hydrogen-bond acceptors (Lipinski definition) is 2. The van der Waals surface area contributed by atoms with Crippen LogP contribution in [-0.2, 0) is 0 Å². The number of nitrogens with zero attached hydrogens (tertiary/aromatic N) is 2. The summed E-state index contributed by atoms with van der Waals surface area (Å²) in [5, 5.41) is 0. The maximum absolute atomic E-state index is 5.04. The van der Waals surface area contributed by atoms with Gasteiger partial charge >= 0.3 is 0 Å². The fraction of sp³-hybridized carbons (Fsp3) is 0.500. The largest absolute Gasteiger partial charge is 0.369 e. The van der Waals surface area contributed by atoms with E-state index in [4.69, 9.17) is 24.4 Å². The Labute approximate surface area is 84.8 Å². The lowest BCUT2D eigenvalue weighted by Gasteiger charge is -2.11. The van der Waals surface area contributed by atoms with E-state index in [9.17, 15) is 0 Å². The van der Waals surface area contributed by atoms with Crippen molar-refractivity contribution >= 4 is 34.4 Å². The second kappa shape index (κ2) is 5.22. The Bertz CT molecular complexity index is 185. The molecule has 0 aliphatic carbocycles. The molecule has 0 bridgehead atoms. The van der Waals surface area contributed by atoms with Crippen molar-refractivity contribution in [3.05, 3.63) is 12.2 Å². The van der Waals surface area contributed by atoms with Gasteiger partial charge in [0.2, 0.25) is 0 Å². The smallest absolute Gasteiger partial charge is 0.101 e. The summed E-state index contributed by atoms with van der Waals surface area (Å²) < 4.78 is 0. The van der Waals surface area contributed by atoms with Gasteiger partial charge in [-0.2, -0.15) is 0 Å². The number of hydrogen-bond donors (Lipinski definition) is 0. The molecular formula is C8H14N2S2. The maximum atomic E-state index is 5.04. The van der Waals surface area contributed by atoms with Gasteiger partial charge in [-0.3, -0.25) is 0 Å². The maximum Gasteiger partial charge on any atom is 0.101 e. The summed E-state index contributed by atoms with van der Waals surface area (Å²) in [5.41, 5.74) is 0. The van der Waals surface area contributed by atoms with Gasteiger partial charge in [0.25, 0.3) is 0 Å². The fourth-order valence-corrected chi connectivity index (χ4v) is 0.577. The minimum atomic E-state index is 0.777. The van der Waals surface area contributed by atoms with Gasteiger partial charge in [-0.15, -0.1) is 0 Å². The molecule has 0 aromatic rings. The Hall–Kier alpha value is -0.480. The molecule has 0 aliphatic rings. The molecule has 0 heterocycles. The first kappa shape index (κ1) is 11.5. The predicted molar refractivity (Wildman–Crippen MR) is 61.7 cm³/mol. The van der Waals surface area contributed by atoms with Crippen LogP contribution in [0.4, 0.5) is 0 Å². The van der Waals surface area contributed by atoms with Crippen LogP contribution < -0.4 is 0 Å². The third-order valence-electron chi connectivity index (χ3n) is 1.25. The highest BCUT2D eigenvalue weighted by Crippen LogP contribution is 1.90. The Kier molecular flexibility index (Phi) is 5.01. The van der Waals surface area contributed by atoms with Gasteiger partial charge in [0, 0.05) is 28.2 Å². The number of rotatable bonds is 2. The summed E-state index contributed by atoms with van der Waals surface area (Å²) in [5.74, 6) is 0. The standard InChI is InChI=1S/C8H14N2S2/c1-9(2)7(11)5-6-8(12)10(3)4/h5-6H,1-4H3. The quantitative estimate of drug-likeness (QED) is 0.492. The normalized spacial score (nSPS) is 10.0. The summed E-state index contributed by atoms with van der Waals surface area (Å²) in [6.45, 7) is 0. The van der Waals surface area contributed by atoms with E-state index in [0.717, 1.165) is 9.98 Å². The highest BCUT2D eigenvalue weighted by atomic mass is 32.1. The van der Waals surface area contributed by atoms with Gasteiger partial charge in [0.1, 0.15) is 9.98 Å². The zero-order chi connectivity index (χ0) is 9.72. The number of likely N-dealkylation sites (N-methyl/N-ethyl adjacent to an activating group) is 2. The molecule has 2 nitrogen and oxygen atoms in total. The van der Waals surface area contributed by atoms with E-state index in [1.165, 1.54) is 0 Å². The molecule has 0 atom stereocenters. The fourth-order valence-electron chi connectivity index (χ4n) is 0.441. The van der Waals surface area contributed by atoms with Gasteiger partial charge in [0.05, 0.1) is 0 Å². The van der Waals surface area contributed by atoms with Crippen molar-refractivity contribution in [2.45, 2.75) is 0 Å². The summed E-state index contributed by atoms with van der Waals surface area (Å²) in [6.07, 6.45) is 3.66. The molecule has 12 heavy (non-hydrogen) atoms. The zero-order valence-corrected chi connectivity index (χ0v) is 9.50. The third kappa shape index (κ3) is 4.41.